The lowest BCUT2D eigenvalue weighted by Gasteiger charge is -2.36. The van der Waals surface area contributed by atoms with Crippen LogP contribution in [-0.4, -0.2) is 49.7 Å². The molecule has 1 aliphatic rings. The Bertz CT molecular complexity index is 736. The molecule has 2 aromatic carbocycles. The summed E-state index contributed by atoms with van der Waals surface area (Å²) in [6.45, 7) is 4.00. The first-order valence-corrected chi connectivity index (χ1v) is 8.64. The van der Waals surface area contributed by atoms with Gasteiger partial charge in [0.2, 0.25) is 0 Å². The van der Waals surface area contributed by atoms with Crippen LogP contribution < -0.4 is 14.8 Å². The Morgan fingerprint density at radius 2 is 2.00 bits per heavy atom. The van der Waals surface area contributed by atoms with E-state index in [1.54, 1.807) is 19.2 Å². The second kappa shape index (κ2) is 8.64. The van der Waals surface area contributed by atoms with Gasteiger partial charge in [0.05, 0.1) is 18.1 Å². The SMILES string of the molecule is COc1ccccc1C1CNCCN1CCOc1ccc([N+](=O)[O-])cc1. The topological polar surface area (TPSA) is 76.9 Å². The number of hydrogen-bond donors (Lipinski definition) is 1. The Hall–Kier alpha value is -2.64. The highest BCUT2D eigenvalue weighted by molar-refractivity contribution is 5.37. The van der Waals surface area contributed by atoms with E-state index < -0.39 is 4.92 Å². The summed E-state index contributed by atoms with van der Waals surface area (Å²) >= 11 is 0. The number of nitro benzene ring substituents is 1. The van der Waals surface area contributed by atoms with Crippen LogP contribution in [0.1, 0.15) is 11.6 Å². The number of para-hydroxylation sites is 1. The third-order valence-electron chi connectivity index (χ3n) is 4.55. The Balaban J connectivity index is 1.61. The number of rotatable bonds is 7. The van der Waals surface area contributed by atoms with Gasteiger partial charge in [-0.25, -0.2) is 0 Å². The number of methoxy groups -OCH3 is 1. The molecule has 0 radical (unpaired) electrons. The highest BCUT2D eigenvalue weighted by atomic mass is 16.6. The van der Waals surface area contributed by atoms with Crippen molar-refractivity contribution in [2.45, 2.75) is 6.04 Å². The number of ether oxygens (including phenoxy) is 2. The molecule has 0 bridgehead atoms. The van der Waals surface area contributed by atoms with Gasteiger partial charge in [0.15, 0.2) is 0 Å². The van der Waals surface area contributed by atoms with Crippen LogP contribution in [0, 0.1) is 10.1 Å². The summed E-state index contributed by atoms with van der Waals surface area (Å²) in [6, 6.07) is 14.5. The predicted octanol–water partition coefficient (Wildman–Crippen LogP) is 2.63. The fourth-order valence-corrected chi connectivity index (χ4v) is 3.21. The second-order valence-corrected chi connectivity index (χ2v) is 6.10. The molecule has 0 spiro atoms. The third-order valence-corrected chi connectivity index (χ3v) is 4.55. The summed E-state index contributed by atoms with van der Waals surface area (Å²) in [5, 5.41) is 14.1. The lowest BCUT2D eigenvalue weighted by molar-refractivity contribution is -0.384. The number of nitrogens with zero attached hydrogens (tertiary/aromatic N) is 2. The van der Waals surface area contributed by atoms with Crippen LogP contribution in [-0.2, 0) is 0 Å². The molecule has 1 saturated heterocycles. The molecule has 7 nitrogen and oxygen atoms in total. The summed E-state index contributed by atoms with van der Waals surface area (Å²) in [5.74, 6) is 1.53. The lowest BCUT2D eigenvalue weighted by Crippen LogP contribution is -2.47. The zero-order chi connectivity index (χ0) is 18.4. The summed E-state index contributed by atoms with van der Waals surface area (Å²) in [4.78, 5) is 12.7. The van der Waals surface area contributed by atoms with Crippen LogP contribution in [0.5, 0.6) is 11.5 Å². The van der Waals surface area contributed by atoms with E-state index in [-0.39, 0.29) is 11.7 Å². The van der Waals surface area contributed by atoms with Gasteiger partial charge in [-0.1, -0.05) is 18.2 Å². The first-order chi connectivity index (χ1) is 12.7. The number of hydrogen-bond acceptors (Lipinski definition) is 6. The molecule has 1 fully saturated rings. The molecule has 26 heavy (non-hydrogen) atoms. The molecule has 0 aromatic heterocycles. The molecule has 0 saturated carbocycles. The van der Waals surface area contributed by atoms with Gasteiger partial charge in [-0.2, -0.15) is 0 Å². The van der Waals surface area contributed by atoms with E-state index >= 15 is 0 Å². The zero-order valence-electron chi connectivity index (χ0n) is 14.8. The average molecular weight is 357 g/mol. The summed E-state index contributed by atoms with van der Waals surface area (Å²) < 4.78 is 11.3. The van der Waals surface area contributed by atoms with Crippen LogP contribution in [0.15, 0.2) is 48.5 Å². The largest absolute Gasteiger partial charge is 0.496 e. The van der Waals surface area contributed by atoms with Crippen molar-refractivity contribution >= 4 is 5.69 Å². The van der Waals surface area contributed by atoms with Crippen molar-refractivity contribution < 1.29 is 14.4 Å². The van der Waals surface area contributed by atoms with E-state index in [0.717, 1.165) is 37.5 Å². The molecule has 1 heterocycles. The molecule has 1 N–H and O–H groups in total. The van der Waals surface area contributed by atoms with Gasteiger partial charge < -0.3 is 14.8 Å². The minimum Gasteiger partial charge on any atom is -0.496 e. The molecule has 2 aromatic rings. The molecule has 3 rings (SSSR count). The molecular formula is C19H23N3O4. The summed E-state index contributed by atoms with van der Waals surface area (Å²) in [6.07, 6.45) is 0. The van der Waals surface area contributed by atoms with Crippen LogP contribution in [0.3, 0.4) is 0 Å². The maximum Gasteiger partial charge on any atom is 0.269 e. The van der Waals surface area contributed by atoms with Gasteiger partial charge in [0.1, 0.15) is 18.1 Å². The van der Waals surface area contributed by atoms with Crippen molar-refractivity contribution in [1.29, 1.82) is 0 Å². The van der Waals surface area contributed by atoms with E-state index in [0.29, 0.717) is 12.4 Å². The summed E-state index contributed by atoms with van der Waals surface area (Å²) in [7, 11) is 1.69. The van der Waals surface area contributed by atoms with E-state index in [1.165, 1.54) is 12.1 Å². The molecule has 1 aliphatic heterocycles. The first-order valence-electron chi connectivity index (χ1n) is 8.64. The normalized spacial score (nSPS) is 17.7. The summed E-state index contributed by atoms with van der Waals surface area (Å²) in [5.41, 5.74) is 1.23. The Labute approximate surface area is 152 Å². The molecule has 1 unspecified atom stereocenters. The van der Waals surface area contributed by atoms with Gasteiger partial charge in [-0.3, -0.25) is 15.0 Å². The monoisotopic (exact) mass is 357 g/mol. The standard InChI is InChI=1S/C19H23N3O4/c1-25-19-5-3-2-4-17(19)18-14-20-10-11-21(18)12-13-26-16-8-6-15(7-9-16)22(23)24/h2-9,18,20H,10-14H2,1H3. The Morgan fingerprint density at radius 3 is 2.73 bits per heavy atom. The fraction of sp³-hybridized carbons (Fsp3) is 0.368. The van der Waals surface area contributed by atoms with Crippen molar-refractivity contribution in [3.05, 3.63) is 64.2 Å². The number of piperazine rings is 1. The Kier molecular flexibility index (Phi) is 6.04. The van der Waals surface area contributed by atoms with Gasteiger partial charge in [0.25, 0.3) is 5.69 Å². The number of non-ortho nitro benzene ring substituents is 1. The van der Waals surface area contributed by atoms with Gasteiger partial charge in [0, 0.05) is 43.9 Å². The molecule has 0 aliphatic carbocycles. The maximum atomic E-state index is 10.7. The van der Waals surface area contributed by atoms with E-state index in [9.17, 15) is 10.1 Å². The molecular weight excluding hydrogens is 334 g/mol. The zero-order valence-corrected chi connectivity index (χ0v) is 14.8. The highest BCUT2D eigenvalue weighted by Crippen LogP contribution is 2.30. The average Bonchev–Trinajstić information content (AvgIpc) is 2.69. The third kappa shape index (κ3) is 4.30. The van der Waals surface area contributed by atoms with Crippen molar-refractivity contribution in [3.8, 4) is 11.5 Å². The quantitative estimate of drug-likeness (QED) is 0.606. The van der Waals surface area contributed by atoms with Crippen molar-refractivity contribution in [3.63, 3.8) is 0 Å². The first kappa shape index (κ1) is 18.2. The van der Waals surface area contributed by atoms with Crippen LogP contribution in [0.2, 0.25) is 0 Å². The van der Waals surface area contributed by atoms with E-state index in [1.807, 2.05) is 18.2 Å². The fourth-order valence-electron chi connectivity index (χ4n) is 3.21. The maximum absolute atomic E-state index is 10.7. The van der Waals surface area contributed by atoms with Gasteiger partial charge >= 0.3 is 0 Å². The van der Waals surface area contributed by atoms with Gasteiger partial charge in [-0.15, -0.1) is 0 Å². The van der Waals surface area contributed by atoms with Crippen molar-refractivity contribution in [2.24, 2.45) is 0 Å². The smallest absolute Gasteiger partial charge is 0.269 e. The minimum absolute atomic E-state index is 0.0655. The van der Waals surface area contributed by atoms with Crippen LogP contribution in [0.4, 0.5) is 5.69 Å². The molecule has 0 amide bonds. The molecule has 1 atom stereocenters. The predicted molar refractivity (Wildman–Crippen MR) is 98.8 cm³/mol. The van der Waals surface area contributed by atoms with E-state index in [4.69, 9.17) is 9.47 Å². The highest BCUT2D eigenvalue weighted by Gasteiger charge is 2.25. The van der Waals surface area contributed by atoms with Crippen molar-refractivity contribution in [2.75, 3.05) is 39.9 Å². The second-order valence-electron chi connectivity index (χ2n) is 6.10. The van der Waals surface area contributed by atoms with Crippen LogP contribution >= 0.6 is 0 Å². The van der Waals surface area contributed by atoms with Crippen LogP contribution in [0.25, 0.3) is 0 Å². The number of nitro groups is 1. The minimum atomic E-state index is -0.414. The van der Waals surface area contributed by atoms with E-state index in [2.05, 4.69) is 16.3 Å². The van der Waals surface area contributed by atoms with Gasteiger partial charge in [-0.05, 0) is 18.2 Å². The number of nitrogens with one attached hydrogen (secondary N) is 1. The van der Waals surface area contributed by atoms with Crippen molar-refractivity contribution in [1.82, 2.24) is 10.2 Å². The molecule has 7 heteroatoms. The number of benzene rings is 2. The lowest BCUT2D eigenvalue weighted by atomic mass is 10.0. The Morgan fingerprint density at radius 1 is 1.23 bits per heavy atom. The molecule has 138 valence electrons.